The number of carbonyl (C=O) groups excluding carboxylic acids is 1. The van der Waals surface area contributed by atoms with E-state index in [4.69, 9.17) is 11.6 Å². The van der Waals surface area contributed by atoms with Crippen molar-refractivity contribution >= 4 is 27.5 Å². The van der Waals surface area contributed by atoms with Gasteiger partial charge in [0.25, 0.3) is 5.91 Å². The van der Waals surface area contributed by atoms with E-state index in [2.05, 4.69) is 0 Å². The summed E-state index contributed by atoms with van der Waals surface area (Å²) in [7, 11) is -2.28. The summed E-state index contributed by atoms with van der Waals surface area (Å²) in [5, 5.41) is 0.496. The molecule has 0 bridgehead atoms. The third kappa shape index (κ3) is 4.66. The summed E-state index contributed by atoms with van der Waals surface area (Å²) in [5.74, 6) is -1.39. The molecular weight excluding hydrogens is 391 g/mol. The predicted molar refractivity (Wildman–Crippen MR) is 104 cm³/mol. The van der Waals surface area contributed by atoms with Crippen LogP contribution in [0.1, 0.15) is 29.8 Å². The molecule has 2 aromatic rings. The van der Waals surface area contributed by atoms with E-state index in [9.17, 15) is 17.6 Å². The Balaban J connectivity index is 2.35. The second kappa shape index (κ2) is 8.82. The van der Waals surface area contributed by atoms with Crippen molar-refractivity contribution in [3.63, 3.8) is 0 Å². The van der Waals surface area contributed by atoms with Gasteiger partial charge in [-0.05, 0) is 29.8 Å². The molecule has 0 unspecified atom stereocenters. The lowest BCUT2D eigenvalue weighted by molar-refractivity contribution is 0.0780. The van der Waals surface area contributed by atoms with Crippen LogP contribution in [-0.4, -0.2) is 43.7 Å². The largest absolute Gasteiger partial charge is 0.337 e. The zero-order chi connectivity index (χ0) is 20.2. The molecule has 0 aromatic heterocycles. The number of halogens is 2. The topological polar surface area (TPSA) is 57.7 Å². The lowest BCUT2D eigenvalue weighted by Gasteiger charge is -2.21. The summed E-state index contributed by atoms with van der Waals surface area (Å²) in [6.07, 6.45) is 0. The van der Waals surface area contributed by atoms with Crippen LogP contribution in [0.4, 0.5) is 4.39 Å². The normalized spacial score (nSPS) is 11.6. The number of carbonyl (C=O) groups is 1. The van der Waals surface area contributed by atoms with E-state index in [0.29, 0.717) is 10.6 Å². The highest BCUT2D eigenvalue weighted by Gasteiger charge is 2.25. The zero-order valence-corrected chi connectivity index (χ0v) is 17.0. The highest BCUT2D eigenvalue weighted by Crippen LogP contribution is 2.22. The molecule has 2 aromatic carbocycles. The van der Waals surface area contributed by atoms with Crippen molar-refractivity contribution in [3.8, 4) is 0 Å². The van der Waals surface area contributed by atoms with Crippen LogP contribution in [0, 0.1) is 5.82 Å². The van der Waals surface area contributed by atoms with Gasteiger partial charge in [0, 0.05) is 31.7 Å². The quantitative estimate of drug-likeness (QED) is 0.695. The first-order valence-electron chi connectivity index (χ1n) is 8.50. The molecule has 5 nitrogen and oxygen atoms in total. The highest BCUT2D eigenvalue weighted by molar-refractivity contribution is 7.89. The van der Waals surface area contributed by atoms with E-state index >= 15 is 0 Å². The van der Waals surface area contributed by atoms with Gasteiger partial charge in [0.05, 0.1) is 10.5 Å². The number of nitrogens with zero attached hydrogens (tertiary/aromatic N) is 2. The third-order valence-electron chi connectivity index (χ3n) is 4.22. The maximum Gasteiger partial charge on any atom is 0.256 e. The Morgan fingerprint density at radius 1 is 1.11 bits per heavy atom. The SMILES string of the molecule is CCN(CC)S(=O)(=O)c1ccc(F)c(C(=O)N(C)Cc2ccccc2Cl)c1. The summed E-state index contributed by atoms with van der Waals surface area (Å²) in [6, 6.07) is 10.3. The zero-order valence-electron chi connectivity index (χ0n) is 15.4. The molecule has 0 heterocycles. The number of rotatable bonds is 7. The standard InChI is InChI=1S/C19H22ClFN2O3S/c1-4-23(5-2)27(25,26)15-10-11-18(21)16(12-15)19(24)22(3)13-14-8-6-7-9-17(14)20/h6-12H,4-5,13H2,1-3H3. The van der Waals surface area contributed by atoms with Gasteiger partial charge in [-0.3, -0.25) is 4.79 Å². The number of hydrogen-bond donors (Lipinski definition) is 0. The number of sulfonamides is 1. The van der Waals surface area contributed by atoms with E-state index in [1.807, 2.05) is 0 Å². The molecule has 8 heteroatoms. The Kier molecular flexibility index (Phi) is 6.97. The summed E-state index contributed by atoms with van der Waals surface area (Å²) < 4.78 is 40.8. The molecule has 146 valence electrons. The minimum atomic E-state index is -3.79. The van der Waals surface area contributed by atoms with Gasteiger partial charge >= 0.3 is 0 Å². The molecule has 0 radical (unpaired) electrons. The molecule has 0 N–H and O–H groups in total. The van der Waals surface area contributed by atoms with Crippen LogP contribution < -0.4 is 0 Å². The summed E-state index contributed by atoms with van der Waals surface area (Å²) in [5.41, 5.74) is 0.417. The molecule has 1 amide bonds. The maximum atomic E-state index is 14.3. The van der Waals surface area contributed by atoms with Crippen LogP contribution in [0.25, 0.3) is 0 Å². The Labute approximate surface area is 164 Å². The molecule has 27 heavy (non-hydrogen) atoms. The van der Waals surface area contributed by atoms with Crippen molar-refractivity contribution in [1.29, 1.82) is 0 Å². The predicted octanol–water partition coefficient (Wildman–Crippen LogP) is 3.78. The van der Waals surface area contributed by atoms with Gasteiger partial charge in [0.15, 0.2) is 0 Å². The van der Waals surface area contributed by atoms with Crippen molar-refractivity contribution in [2.75, 3.05) is 20.1 Å². The van der Waals surface area contributed by atoms with Crippen LogP contribution in [-0.2, 0) is 16.6 Å². The van der Waals surface area contributed by atoms with Crippen molar-refractivity contribution in [3.05, 3.63) is 64.4 Å². The maximum absolute atomic E-state index is 14.3. The Morgan fingerprint density at radius 2 is 1.74 bits per heavy atom. The van der Waals surface area contributed by atoms with Gasteiger partial charge in [-0.1, -0.05) is 43.6 Å². The van der Waals surface area contributed by atoms with Crippen molar-refractivity contribution in [2.24, 2.45) is 0 Å². The monoisotopic (exact) mass is 412 g/mol. The van der Waals surface area contributed by atoms with Gasteiger partial charge in [-0.2, -0.15) is 4.31 Å². The fraction of sp³-hybridized carbons (Fsp3) is 0.316. The molecule has 0 aliphatic carbocycles. The Morgan fingerprint density at radius 3 is 2.33 bits per heavy atom. The number of benzene rings is 2. The van der Waals surface area contributed by atoms with Crippen molar-refractivity contribution < 1.29 is 17.6 Å². The third-order valence-corrected chi connectivity index (χ3v) is 6.64. The van der Waals surface area contributed by atoms with E-state index in [0.717, 1.165) is 12.1 Å². The average Bonchev–Trinajstić information content (AvgIpc) is 2.64. The van der Waals surface area contributed by atoms with Gasteiger partial charge < -0.3 is 4.90 Å². The fourth-order valence-corrected chi connectivity index (χ4v) is 4.38. The van der Waals surface area contributed by atoms with Crippen LogP contribution in [0.2, 0.25) is 5.02 Å². The molecule has 0 aliphatic heterocycles. The van der Waals surface area contributed by atoms with Crippen LogP contribution in [0.5, 0.6) is 0 Å². The molecule has 0 atom stereocenters. The molecule has 2 rings (SSSR count). The Hall–Kier alpha value is -1.96. The first-order valence-corrected chi connectivity index (χ1v) is 10.3. The Bertz CT molecular complexity index is 930. The smallest absolute Gasteiger partial charge is 0.256 e. The summed E-state index contributed by atoms with van der Waals surface area (Å²) in [6.45, 7) is 4.17. The second-order valence-corrected chi connectivity index (χ2v) is 8.33. The van der Waals surface area contributed by atoms with Crippen molar-refractivity contribution in [1.82, 2.24) is 9.21 Å². The van der Waals surface area contributed by atoms with E-state index in [1.165, 1.54) is 22.3 Å². The van der Waals surface area contributed by atoms with E-state index in [1.54, 1.807) is 38.1 Å². The van der Waals surface area contributed by atoms with Gasteiger partial charge in [-0.25, -0.2) is 12.8 Å². The van der Waals surface area contributed by atoms with Crippen LogP contribution >= 0.6 is 11.6 Å². The minimum absolute atomic E-state index is 0.109. The number of amides is 1. The lowest BCUT2D eigenvalue weighted by Crippen LogP contribution is -2.31. The lowest BCUT2D eigenvalue weighted by atomic mass is 10.1. The van der Waals surface area contributed by atoms with Gasteiger partial charge in [-0.15, -0.1) is 0 Å². The first-order chi connectivity index (χ1) is 12.7. The van der Waals surface area contributed by atoms with Crippen LogP contribution in [0.3, 0.4) is 0 Å². The minimum Gasteiger partial charge on any atom is -0.337 e. The second-order valence-electron chi connectivity index (χ2n) is 5.98. The van der Waals surface area contributed by atoms with Gasteiger partial charge in [0.1, 0.15) is 5.82 Å². The molecule has 0 saturated carbocycles. The molecule has 0 saturated heterocycles. The average molecular weight is 413 g/mol. The molecule has 0 aliphatic rings. The fourth-order valence-electron chi connectivity index (χ4n) is 2.70. The summed E-state index contributed by atoms with van der Waals surface area (Å²) >= 11 is 6.11. The van der Waals surface area contributed by atoms with E-state index < -0.39 is 21.7 Å². The number of hydrogen-bond acceptors (Lipinski definition) is 3. The van der Waals surface area contributed by atoms with Crippen molar-refractivity contribution in [2.45, 2.75) is 25.3 Å². The van der Waals surface area contributed by atoms with E-state index in [-0.39, 0.29) is 30.1 Å². The highest BCUT2D eigenvalue weighted by atomic mass is 35.5. The molecule has 0 fully saturated rings. The van der Waals surface area contributed by atoms with Crippen LogP contribution in [0.15, 0.2) is 47.4 Å². The molecule has 0 spiro atoms. The summed E-state index contributed by atoms with van der Waals surface area (Å²) in [4.78, 5) is 13.9. The molecular formula is C19H22ClFN2O3S. The first kappa shape index (κ1) is 21.3. The van der Waals surface area contributed by atoms with Gasteiger partial charge in [0.2, 0.25) is 10.0 Å².